The average Bonchev–Trinajstić information content (AvgIpc) is 2.34. The molecule has 0 spiro atoms. The first-order valence-corrected chi connectivity index (χ1v) is 8.06. The number of hydrogen-bond acceptors (Lipinski definition) is 3. The molecule has 0 fully saturated rings. The highest BCUT2D eigenvalue weighted by atomic mass is 32.2. The lowest BCUT2D eigenvalue weighted by atomic mass is 10.2. The van der Waals surface area contributed by atoms with Crippen molar-refractivity contribution in [2.75, 3.05) is 11.9 Å². The summed E-state index contributed by atoms with van der Waals surface area (Å²) >= 11 is 5.13. The molecule has 106 valence electrons. The van der Waals surface area contributed by atoms with Gasteiger partial charge in [-0.15, -0.1) is 0 Å². The van der Waals surface area contributed by atoms with E-state index in [1.54, 1.807) is 12.1 Å². The van der Waals surface area contributed by atoms with Crippen LogP contribution in [0.3, 0.4) is 0 Å². The summed E-state index contributed by atoms with van der Waals surface area (Å²) in [4.78, 5) is 0.0832. The van der Waals surface area contributed by atoms with Crippen LogP contribution in [0.25, 0.3) is 0 Å². The second kappa shape index (κ2) is 7.42. The zero-order chi connectivity index (χ0) is 14.3. The molecule has 0 atom stereocenters. The molecule has 1 rings (SSSR count). The zero-order valence-electron chi connectivity index (χ0n) is 10.8. The van der Waals surface area contributed by atoms with Gasteiger partial charge in [0.1, 0.15) is 0 Å². The van der Waals surface area contributed by atoms with Crippen molar-refractivity contribution in [3.8, 4) is 0 Å². The van der Waals surface area contributed by atoms with E-state index in [0.717, 1.165) is 25.1 Å². The largest absolute Gasteiger partial charge is 0.362 e. The van der Waals surface area contributed by atoms with E-state index in [1.165, 1.54) is 18.6 Å². The first-order valence-electron chi connectivity index (χ1n) is 6.11. The fourth-order valence-corrected chi connectivity index (χ4v) is 2.22. The van der Waals surface area contributed by atoms with Crippen LogP contribution in [0.2, 0.25) is 0 Å². The van der Waals surface area contributed by atoms with E-state index in [9.17, 15) is 8.42 Å². The van der Waals surface area contributed by atoms with E-state index in [2.05, 4.69) is 17.6 Å². The van der Waals surface area contributed by atoms with Crippen molar-refractivity contribution >= 4 is 33.0 Å². The molecule has 0 unspecified atom stereocenters. The van der Waals surface area contributed by atoms with Crippen molar-refractivity contribution in [2.45, 2.75) is 31.1 Å². The Kier molecular flexibility index (Phi) is 6.20. The zero-order valence-corrected chi connectivity index (χ0v) is 12.5. The lowest BCUT2D eigenvalue weighted by molar-refractivity contribution is 0.598. The number of rotatable bonds is 6. The van der Waals surface area contributed by atoms with Crippen molar-refractivity contribution < 1.29 is 8.42 Å². The molecule has 0 saturated carbocycles. The molecular weight excluding hydrogens is 282 g/mol. The van der Waals surface area contributed by atoms with Crippen molar-refractivity contribution in [3.05, 3.63) is 24.3 Å². The maximum absolute atomic E-state index is 11.1. The van der Waals surface area contributed by atoms with Crippen LogP contribution in [0.1, 0.15) is 26.2 Å². The lowest BCUT2D eigenvalue weighted by Gasteiger charge is -2.10. The number of unbranched alkanes of at least 4 members (excludes halogenated alkanes) is 2. The molecule has 1 aromatic rings. The van der Waals surface area contributed by atoms with Gasteiger partial charge in [0.25, 0.3) is 0 Å². The van der Waals surface area contributed by atoms with Crippen LogP contribution in [-0.4, -0.2) is 20.1 Å². The Morgan fingerprint density at radius 1 is 1.26 bits per heavy atom. The molecule has 0 aliphatic rings. The van der Waals surface area contributed by atoms with Gasteiger partial charge in [0.05, 0.1) is 4.90 Å². The maximum Gasteiger partial charge on any atom is 0.238 e. The molecule has 5 nitrogen and oxygen atoms in total. The van der Waals surface area contributed by atoms with E-state index < -0.39 is 10.0 Å². The second-order valence-corrected chi connectivity index (χ2v) is 6.13. The topological polar surface area (TPSA) is 84.2 Å². The lowest BCUT2D eigenvalue weighted by Crippen LogP contribution is -2.29. The summed E-state index contributed by atoms with van der Waals surface area (Å²) in [6, 6.07) is 6.13. The van der Waals surface area contributed by atoms with Gasteiger partial charge >= 0.3 is 0 Å². The van der Waals surface area contributed by atoms with Gasteiger partial charge in [0, 0.05) is 12.2 Å². The number of nitrogens with two attached hydrogens (primary N) is 1. The Morgan fingerprint density at radius 2 is 1.89 bits per heavy atom. The van der Waals surface area contributed by atoms with Crippen LogP contribution in [0.5, 0.6) is 0 Å². The molecule has 0 amide bonds. The molecule has 0 saturated heterocycles. The van der Waals surface area contributed by atoms with E-state index in [4.69, 9.17) is 17.4 Å². The first kappa shape index (κ1) is 15.9. The van der Waals surface area contributed by atoms with Crippen LogP contribution in [0.15, 0.2) is 29.2 Å². The smallest absolute Gasteiger partial charge is 0.238 e. The van der Waals surface area contributed by atoms with Crippen LogP contribution >= 0.6 is 12.2 Å². The van der Waals surface area contributed by atoms with Gasteiger partial charge in [-0.1, -0.05) is 19.8 Å². The third-order valence-electron chi connectivity index (χ3n) is 2.51. The normalized spacial score (nSPS) is 11.1. The quantitative estimate of drug-likeness (QED) is 0.551. The third kappa shape index (κ3) is 6.00. The molecule has 0 radical (unpaired) electrons. The van der Waals surface area contributed by atoms with E-state index >= 15 is 0 Å². The van der Waals surface area contributed by atoms with Crippen LogP contribution in [0.4, 0.5) is 5.69 Å². The summed E-state index contributed by atoms with van der Waals surface area (Å²) in [6.07, 6.45) is 3.40. The van der Waals surface area contributed by atoms with Crippen molar-refractivity contribution in [1.29, 1.82) is 0 Å². The van der Waals surface area contributed by atoms with E-state index in [1.807, 2.05) is 0 Å². The number of anilines is 1. The maximum atomic E-state index is 11.1. The number of hydrogen-bond donors (Lipinski definition) is 3. The highest BCUT2D eigenvalue weighted by Gasteiger charge is 2.06. The molecule has 7 heteroatoms. The van der Waals surface area contributed by atoms with Gasteiger partial charge < -0.3 is 10.6 Å². The van der Waals surface area contributed by atoms with Gasteiger partial charge in [0.2, 0.25) is 10.0 Å². The summed E-state index contributed by atoms with van der Waals surface area (Å²) in [7, 11) is -3.64. The van der Waals surface area contributed by atoms with Crippen LogP contribution in [-0.2, 0) is 10.0 Å². The number of benzene rings is 1. The minimum Gasteiger partial charge on any atom is -0.362 e. The summed E-state index contributed by atoms with van der Waals surface area (Å²) in [5, 5.41) is 11.6. The minimum atomic E-state index is -3.64. The van der Waals surface area contributed by atoms with Crippen molar-refractivity contribution in [1.82, 2.24) is 5.32 Å². The summed E-state index contributed by atoms with van der Waals surface area (Å²) in [5.74, 6) is 0. The van der Waals surface area contributed by atoms with E-state index in [0.29, 0.717) is 5.11 Å². The molecule has 4 N–H and O–H groups in total. The summed E-state index contributed by atoms with van der Waals surface area (Å²) < 4.78 is 22.2. The number of nitrogens with one attached hydrogen (secondary N) is 2. The molecule has 0 aliphatic heterocycles. The molecule has 0 heterocycles. The number of primary sulfonamides is 1. The Hall–Kier alpha value is -1.18. The highest BCUT2D eigenvalue weighted by Crippen LogP contribution is 2.12. The predicted molar refractivity (Wildman–Crippen MR) is 81.6 cm³/mol. The SMILES string of the molecule is CCCCCNC(=S)Nc1ccc(S(N)(=O)=O)cc1. The van der Waals surface area contributed by atoms with Crippen molar-refractivity contribution in [3.63, 3.8) is 0 Å². The summed E-state index contributed by atoms with van der Waals surface area (Å²) in [6.45, 7) is 2.97. The fraction of sp³-hybridized carbons (Fsp3) is 0.417. The number of thiocarbonyl (C=S) groups is 1. The minimum absolute atomic E-state index is 0.0832. The van der Waals surface area contributed by atoms with Crippen LogP contribution < -0.4 is 15.8 Å². The van der Waals surface area contributed by atoms with Crippen LogP contribution in [0, 0.1) is 0 Å². The Balaban J connectivity index is 2.47. The molecule has 0 bridgehead atoms. The van der Waals surface area contributed by atoms with Gasteiger partial charge in [-0.3, -0.25) is 0 Å². The van der Waals surface area contributed by atoms with Gasteiger partial charge in [-0.05, 0) is 42.9 Å². The Morgan fingerprint density at radius 3 is 2.42 bits per heavy atom. The fourth-order valence-electron chi connectivity index (χ4n) is 1.48. The number of sulfonamides is 1. The van der Waals surface area contributed by atoms with E-state index in [-0.39, 0.29) is 4.90 Å². The summed E-state index contributed by atoms with van der Waals surface area (Å²) in [5.41, 5.74) is 0.723. The molecule has 0 aromatic heterocycles. The Bertz CT molecular complexity index is 512. The monoisotopic (exact) mass is 301 g/mol. The van der Waals surface area contributed by atoms with Gasteiger partial charge in [-0.2, -0.15) is 0 Å². The first-order chi connectivity index (χ1) is 8.93. The Labute approximate surface area is 119 Å². The molecule has 0 aliphatic carbocycles. The predicted octanol–water partition coefficient (Wildman–Crippen LogP) is 1.81. The molecule has 19 heavy (non-hydrogen) atoms. The highest BCUT2D eigenvalue weighted by molar-refractivity contribution is 7.89. The third-order valence-corrected chi connectivity index (χ3v) is 3.68. The second-order valence-electron chi connectivity index (χ2n) is 4.16. The van der Waals surface area contributed by atoms with Gasteiger partial charge in [0.15, 0.2) is 5.11 Å². The van der Waals surface area contributed by atoms with Crippen molar-refractivity contribution in [2.24, 2.45) is 5.14 Å². The standard InChI is InChI=1S/C12H19N3O2S2/c1-2-3-4-9-14-12(18)15-10-5-7-11(8-6-10)19(13,16)17/h5-8H,2-4,9H2,1H3,(H2,13,16,17)(H2,14,15,18). The molecular formula is C12H19N3O2S2. The average molecular weight is 301 g/mol. The molecule has 1 aromatic carbocycles. The van der Waals surface area contributed by atoms with Gasteiger partial charge in [-0.25, -0.2) is 13.6 Å².